The summed E-state index contributed by atoms with van der Waals surface area (Å²) in [5, 5.41) is 8.99. The highest BCUT2D eigenvalue weighted by Crippen LogP contribution is 2.22. The normalized spacial score (nSPS) is 24.2. The maximum Gasteiger partial charge on any atom is 0.308 e. The molecule has 0 bridgehead atoms. The first-order valence-electron chi connectivity index (χ1n) is 7.96. The number of aliphatic carboxylic acids is 1. The van der Waals surface area contributed by atoms with Gasteiger partial charge in [-0.05, 0) is 30.5 Å². The Balaban J connectivity index is 1.51. The van der Waals surface area contributed by atoms with E-state index < -0.39 is 11.9 Å². The molecule has 23 heavy (non-hydrogen) atoms. The Morgan fingerprint density at radius 1 is 1.35 bits per heavy atom. The summed E-state index contributed by atoms with van der Waals surface area (Å²) in [5.41, 5.74) is 0.967. The number of amides is 1. The van der Waals surface area contributed by atoms with Crippen molar-refractivity contribution >= 4 is 11.9 Å². The molecule has 0 spiro atoms. The van der Waals surface area contributed by atoms with Crippen LogP contribution in [-0.4, -0.2) is 47.7 Å². The second-order valence-corrected chi connectivity index (χ2v) is 6.10. The number of likely N-dealkylation sites (tertiary alicyclic amines) is 1. The maximum atomic E-state index is 11.8. The lowest BCUT2D eigenvalue weighted by Gasteiger charge is -2.16. The van der Waals surface area contributed by atoms with Crippen LogP contribution in [0.5, 0.6) is 5.75 Å². The topological polar surface area (TPSA) is 76.1 Å². The number of carbonyl (C=O) groups excluding carboxylic acids is 1. The molecule has 1 aromatic carbocycles. The smallest absolute Gasteiger partial charge is 0.308 e. The van der Waals surface area contributed by atoms with Crippen LogP contribution < -0.4 is 4.74 Å². The molecule has 0 aromatic heterocycles. The average molecular weight is 319 g/mol. The Bertz CT molecular complexity index is 565. The van der Waals surface area contributed by atoms with Crippen molar-refractivity contribution < 1.29 is 24.2 Å². The van der Waals surface area contributed by atoms with E-state index in [1.165, 1.54) is 0 Å². The number of hydrogen-bond acceptors (Lipinski definition) is 4. The van der Waals surface area contributed by atoms with E-state index in [0.717, 1.165) is 30.8 Å². The lowest BCUT2D eigenvalue weighted by Crippen LogP contribution is -2.25. The van der Waals surface area contributed by atoms with E-state index in [1.54, 1.807) is 4.90 Å². The van der Waals surface area contributed by atoms with Gasteiger partial charge in [0, 0.05) is 26.1 Å². The van der Waals surface area contributed by atoms with Crippen molar-refractivity contribution in [1.29, 1.82) is 0 Å². The van der Waals surface area contributed by atoms with Crippen LogP contribution in [0.15, 0.2) is 24.3 Å². The van der Waals surface area contributed by atoms with E-state index in [2.05, 4.69) is 0 Å². The number of carboxylic acids is 1. The minimum atomic E-state index is -0.904. The van der Waals surface area contributed by atoms with Gasteiger partial charge in [-0.3, -0.25) is 9.59 Å². The standard InChI is InChI=1S/C17H21NO5/c19-16-8-13(17(20)21)10-18(16)9-12-3-5-14(6-4-12)23-11-15-2-1-7-22-15/h3-6,13,15H,1-2,7-11H2,(H,20,21)/t13-,15-/m0/s1. The number of hydrogen-bond donors (Lipinski definition) is 1. The van der Waals surface area contributed by atoms with Gasteiger partial charge in [0.1, 0.15) is 12.4 Å². The number of ether oxygens (including phenoxy) is 2. The number of nitrogens with zero attached hydrogens (tertiary/aromatic N) is 1. The summed E-state index contributed by atoms with van der Waals surface area (Å²) in [5.74, 6) is -0.813. The first-order valence-corrected chi connectivity index (χ1v) is 7.96. The zero-order chi connectivity index (χ0) is 16.2. The molecule has 0 aliphatic carbocycles. The third-order valence-corrected chi connectivity index (χ3v) is 4.32. The molecule has 1 N–H and O–H groups in total. The van der Waals surface area contributed by atoms with Gasteiger partial charge in [0.2, 0.25) is 5.91 Å². The quantitative estimate of drug-likeness (QED) is 0.863. The van der Waals surface area contributed by atoms with E-state index in [9.17, 15) is 9.59 Å². The van der Waals surface area contributed by atoms with Crippen LogP contribution >= 0.6 is 0 Å². The van der Waals surface area contributed by atoms with Crippen LogP contribution in [0.4, 0.5) is 0 Å². The predicted molar refractivity (Wildman–Crippen MR) is 82.1 cm³/mol. The van der Waals surface area contributed by atoms with E-state index in [-0.39, 0.29) is 25.0 Å². The number of benzene rings is 1. The van der Waals surface area contributed by atoms with E-state index in [4.69, 9.17) is 14.6 Å². The first kappa shape index (κ1) is 15.8. The molecular formula is C17H21NO5. The van der Waals surface area contributed by atoms with Crippen LogP contribution in [0.3, 0.4) is 0 Å². The van der Waals surface area contributed by atoms with Crippen LogP contribution in [0.1, 0.15) is 24.8 Å². The van der Waals surface area contributed by atoms with Crippen molar-refractivity contribution in [2.24, 2.45) is 5.92 Å². The summed E-state index contributed by atoms with van der Waals surface area (Å²) < 4.78 is 11.2. The van der Waals surface area contributed by atoms with Gasteiger partial charge in [0.15, 0.2) is 0 Å². The molecule has 2 saturated heterocycles. The molecule has 6 nitrogen and oxygen atoms in total. The SMILES string of the molecule is O=C(O)[C@H]1CC(=O)N(Cc2ccc(OC[C@@H]3CCCO3)cc2)C1. The van der Waals surface area contributed by atoms with Crippen molar-refractivity contribution in [3.8, 4) is 5.75 Å². The van der Waals surface area contributed by atoms with Gasteiger partial charge in [-0.1, -0.05) is 12.1 Å². The van der Waals surface area contributed by atoms with Gasteiger partial charge >= 0.3 is 5.97 Å². The van der Waals surface area contributed by atoms with Gasteiger partial charge < -0.3 is 19.5 Å². The van der Waals surface area contributed by atoms with Gasteiger partial charge in [0.25, 0.3) is 0 Å². The lowest BCUT2D eigenvalue weighted by atomic mass is 10.1. The molecule has 0 unspecified atom stereocenters. The Hall–Kier alpha value is -2.08. The van der Waals surface area contributed by atoms with Crippen molar-refractivity contribution in [1.82, 2.24) is 4.90 Å². The molecular weight excluding hydrogens is 298 g/mol. The highest BCUT2D eigenvalue weighted by molar-refractivity contribution is 5.86. The van der Waals surface area contributed by atoms with Crippen molar-refractivity contribution in [2.45, 2.75) is 31.9 Å². The molecule has 1 aromatic rings. The molecule has 0 radical (unpaired) electrons. The summed E-state index contributed by atoms with van der Waals surface area (Å²) in [7, 11) is 0. The number of carboxylic acid groups (broad SMARTS) is 1. The molecule has 2 fully saturated rings. The minimum Gasteiger partial charge on any atom is -0.491 e. The Morgan fingerprint density at radius 2 is 2.13 bits per heavy atom. The molecule has 1 amide bonds. The van der Waals surface area contributed by atoms with Crippen LogP contribution in [0.2, 0.25) is 0 Å². The Kier molecular flexibility index (Phi) is 4.81. The van der Waals surface area contributed by atoms with Crippen molar-refractivity contribution in [3.05, 3.63) is 29.8 Å². The molecule has 2 aliphatic heterocycles. The van der Waals surface area contributed by atoms with E-state index in [1.807, 2.05) is 24.3 Å². The maximum absolute atomic E-state index is 11.8. The highest BCUT2D eigenvalue weighted by atomic mass is 16.5. The third-order valence-electron chi connectivity index (χ3n) is 4.32. The fourth-order valence-corrected chi connectivity index (χ4v) is 2.97. The summed E-state index contributed by atoms with van der Waals surface area (Å²) in [4.78, 5) is 24.4. The summed E-state index contributed by atoms with van der Waals surface area (Å²) in [6.45, 7) is 2.10. The van der Waals surface area contributed by atoms with Crippen LogP contribution in [0.25, 0.3) is 0 Å². The summed E-state index contributed by atoms with van der Waals surface area (Å²) >= 11 is 0. The van der Waals surface area contributed by atoms with E-state index >= 15 is 0 Å². The highest BCUT2D eigenvalue weighted by Gasteiger charge is 2.34. The van der Waals surface area contributed by atoms with Gasteiger partial charge in [-0.2, -0.15) is 0 Å². The van der Waals surface area contributed by atoms with Crippen LogP contribution in [-0.2, 0) is 20.9 Å². The average Bonchev–Trinajstić information content (AvgIpc) is 3.17. The second kappa shape index (κ2) is 7.00. The van der Waals surface area contributed by atoms with E-state index in [0.29, 0.717) is 13.2 Å². The predicted octanol–water partition coefficient (Wildman–Crippen LogP) is 1.68. The van der Waals surface area contributed by atoms with Gasteiger partial charge in [-0.25, -0.2) is 0 Å². The molecule has 3 rings (SSSR count). The number of carbonyl (C=O) groups is 2. The summed E-state index contributed by atoms with van der Waals surface area (Å²) in [6, 6.07) is 7.57. The van der Waals surface area contributed by atoms with Gasteiger partial charge in [-0.15, -0.1) is 0 Å². The second-order valence-electron chi connectivity index (χ2n) is 6.10. The lowest BCUT2D eigenvalue weighted by molar-refractivity contribution is -0.141. The largest absolute Gasteiger partial charge is 0.491 e. The molecule has 2 heterocycles. The fraction of sp³-hybridized carbons (Fsp3) is 0.529. The Labute approximate surface area is 135 Å². The monoisotopic (exact) mass is 319 g/mol. The molecule has 0 saturated carbocycles. The third kappa shape index (κ3) is 4.01. The Morgan fingerprint density at radius 3 is 2.74 bits per heavy atom. The fourth-order valence-electron chi connectivity index (χ4n) is 2.97. The molecule has 2 atom stereocenters. The zero-order valence-electron chi connectivity index (χ0n) is 12.9. The molecule has 6 heteroatoms. The van der Waals surface area contributed by atoms with Crippen molar-refractivity contribution in [3.63, 3.8) is 0 Å². The molecule has 2 aliphatic rings. The zero-order valence-corrected chi connectivity index (χ0v) is 12.9. The summed E-state index contributed by atoms with van der Waals surface area (Å²) in [6.07, 6.45) is 2.41. The minimum absolute atomic E-state index is 0.0952. The van der Waals surface area contributed by atoms with Crippen LogP contribution in [0, 0.1) is 5.92 Å². The molecule has 124 valence electrons. The number of rotatable bonds is 6. The van der Waals surface area contributed by atoms with Crippen molar-refractivity contribution in [2.75, 3.05) is 19.8 Å². The first-order chi connectivity index (χ1) is 11.1. The van der Waals surface area contributed by atoms with Gasteiger partial charge in [0.05, 0.1) is 12.0 Å².